The number of benzene rings is 1. The normalized spacial score (nSPS) is 10.4. The maximum Gasteiger partial charge on any atom is 0.141 e. The summed E-state index contributed by atoms with van der Waals surface area (Å²) in [4.78, 5) is 0. The third kappa shape index (κ3) is 2.82. The predicted molar refractivity (Wildman–Crippen MR) is 61.8 cm³/mol. The molecule has 1 aromatic carbocycles. The van der Waals surface area contributed by atoms with E-state index in [0.29, 0.717) is 23.4 Å². The van der Waals surface area contributed by atoms with Gasteiger partial charge in [-0.25, -0.2) is 4.39 Å². The first-order valence-corrected chi connectivity index (χ1v) is 5.60. The van der Waals surface area contributed by atoms with E-state index in [9.17, 15) is 4.39 Å². The zero-order valence-electron chi connectivity index (χ0n) is 8.44. The van der Waals surface area contributed by atoms with Crippen LogP contribution in [0.1, 0.15) is 0 Å². The lowest BCUT2D eigenvalue weighted by atomic mass is 10.3. The Morgan fingerprint density at radius 2 is 2.31 bits per heavy atom. The Morgan fingerprint density at radius 3 is 3.00 bits per heavy atom. The van der Waals surface area contributed by atoms with Crippen molar-refractivity contribution in [1.82, 2.24) is 9.78 Å². The monoisotopic (exact) mass is 284 g/mol. The quantitative estimate of drug-likeness (QED) is 0.863. The summed E-state index contributed by atoms with van der Waals surface area (Å²) in [5.74, 6) is 0.199. The fourth-order valence-corrected chi connectivity index (χ4v) is 1.50. The maximum atomic E-state index is 13.1. The SMILES string of the molecule is Fc1cc(OCCn2cccn2)ccc1Br. The lowest BCUT2D eigenvalue weighted by molar-refractivity contribution is 0.290. The summed E-state index contributed by atoms with van der Waals surface area (Å²) in [6, 6.07) is 6.54. The van der Waals surface area contributed by atoms with Crippen LogP contribution in [0.3, 0.4) is 0 Å². The summed E-state index contributed by atoms with van der Waals surface area (Å²) in [6.45, 7) is 1.10. The summed E-state index contributed by atoms with van der Waals surface area (Å²) in [6.07, 6.45) is 3.56. The molecule has 2 rings (SSSR count). The van der Waals surface area contributed by atoms with Crippen molar-refractivity contribution in [2.45, 2.75) is 6.54 Å². The van der Waals surface area contributed by atoms with E-state index in [1.807, 2.05) is 12.3 Å². The molecule has 0 saturated carbocycles. The van der Waals surface area contributed by atoms with Gasteiger partial charge in [0, 0.05) is 18.5 Å². The minimum atomic E-state index is -0.323. The second-order valence-electron chi connectivity index (χ2n) is 3.19. The Kier molecular flexibility index (Phi) is 3.56. The molecule has 0 saturated heterocycles. The van der Waals surface area contributed by atoms with Gasteiger partial charge in [-0.1, -0.05) is 0 Å². The highest BCUT2D eigenvalue weighted by atomic mass is 79.9. The van der Waals surface area contributed by atoms with Crippen LogP contribution in [0.2, 0.25) is 0 Å². The number of nitrogens with zero attached hydrogens (tertiary/aromatic N) is 2. The van der Waals surface area contributed by atoms with Gasteiger partial charge in [0.2, 0.25) is 0 Å². The van der Waals surface area contributed by atoms with Crippen LogP contribution in [0, 0.1) is 5.82 Å². The molecule has 0 radical (unpaired) electrons. The molecular formula is C11H10BrFN2O. The van der Waals surface area contributed by atoms with Crippen molar-refractivity contribution in [3.05, 3.63) is 46.9 Å². The van der Waals surface area contributed by atoms with Gasteiger partial charge < -0.3 is 4.74 Å². The van der Waals surface area contributed by atoms with Crippen LogP contribution in [0.15, 0.2) is 41.1 Å². The second-order valence-corrected chi connectivity index (χ2v) is 4.05. The fraction of sp³-hybridized carbons (Fsp3) is 0.182. The molecule has 0 aliphatic rings. The van der Waals surface area contributed by atoms with Gasteiger partial charge in [0.1, 0.15) is 18.2 Å². The predicted octanol–water partition coefficient (Wildman–Crippen LogP) is 2.86. The highest BCUT2D eigenvalue weighted by molar-refractivity contribution is 9.10. The average molecular weight is 285 g/mol. The Balaban J connectivity index is 1.87. The van der Waals surface area contributed by atoms with Gasteiger partial charge in [0.25, 0.3) is 0 Å². The second kappa shape index (κ2) is 5.12. The summed E-state index contributed by atoms with van der Waals surface area (Å²) in [7, 11) is 0. The van der Waals surface area contributed by atoms with Crippen LogP contribution in [0.4, 0.5) is 4.39 Å². The first kappa shape index (κ1) is 11.1. The molecule has 0 amide bonds. The van der Waals surface area contributed by atoms with Crippen LogP contribution >= 0.6 is 15.9 Å². The van der Waals surface area contributed by atoms with Gasteiger partial charge in [-0.2, -0.15) is 5.10 Å². The largest absolute Gasteiger partial charge is 0.492 e. The average Bonchev–Trinajstić information content (AvgIpc) is 2.76. The zero-order valence-corrected chi connectivity index (χ0v) is 10.0. The molecular weight excluding hydrogens is 275 g/mol. The molecule has 0 spiro atoms. The van der Waals surface area contributed by atoms with Gasteiger partial charge in [-0.05, 0) is 34.1 Å². The third-order valence-corrected chi connectivity index (χ3v) is 2.68. The standard InChI is InChI=1S/C11H10BrFN2O/c12-10-3-2-9(8-11(10)13)16-7-6-15-5-1-4-14-15/h1-5,8H,6-7H2. The molecule has 5 heteroatoms. The third-order valence-electron chi connectivity index (χ3n) is 2.04. The Labute approximate surface area is 101 Å². The number of ether oxygens (including phenoxy) is 1. The van der Waals surface area contributed by atoms with Crippen molar-refractivity contribution >= 4 is 15.9 Å². The lowest BCUT2D eigenvalue weighted by Gasteiger charge is -2.06. The number of halogens is 2. The summed E-state index contributed by atoms with van der Waals surface area (Å²) in [5, 5.41) is 4.03. The van der Waals surface area contributed by atoms with Crippen molar-refractivity contribution in [3.63, 3.8) is 0 Å². The molecule has 2 aromatic rings. The minimum absolute atomic E-state index is 0.323. The van der Waals surface area contributed by atoms with Crippen LogP contribution < -0.4 is 4.74 Å². The highest BCUT2D eigenvalue weighted by Crippen LogP contribution is 2.20. The van der Waals surface area contributed by atoms with E-state index in [2.05, 4.69) is 21.0 Å². The van der Waals surface area contributed by atoms with Crippen molar-refractivity contribution in [2.24, 2.45) is 0 Å². The molecule has 0 atom stereocenters. The molecule has 0 bridgehead atoms. The van der Waals surface area contributed by atoms with Crippen LogP contribution in [-0.4, -0.2) is 16.4 Å². The number of hydrogen-bond acceptors (Lipinski definition) is 2. The molecule has 0 fully saturated rings. The van der Waals surface area contributed by atoms with Gasteiger partial charge in [0.15, 0.2) is 0 Å². The van der Waals surface area contributed by atoms with Gasteiger partial charge in [-0.15, -0.1) is 0 Å². The summed E-state index contributed by atoms with van der Waals surface area (Å²) >= 11 is 3.08. The van der Waals surface area contributed by atoms with Crippen LogP contribution in [0.25, 0.3) is 0 Å². The van der Waals surface area contributed by atoms with Crippen molar-refractivity contribution in [2.75, 3.05) is 6.61 Å². The first-order valence-electron chi connectivity index (χ1n) is 4.81. The summed E-state index contributed by atoms with van der Waals surface area (Å²) in [5.41, 5.74) is 0. The molecule has 0 N–H and O–H groups in total. The molecule has 84 valence electrons. The van der Waals surface area contributed by atoms with Crippen LogP contribution in [-0.2, 0) is 6.54 Å². The van der Waals surface area contributed by atoms with E-state index >= 15 is 0 Å². The van der Waals surface area contributed by atoms with E-state index in [1.54, 1.807) is 23.0 Å². The molecule has 0 unspecified atom stereocenters. The Hall–Kier alpha value is -1.36. The van der Waals surface area contributed by atoms with Crippen LogP contribution in [0.5, 0.6) is 5.75 Å². The molecule has 1 heterocycles. The number of aromatic nitrogens is 2. The van der Waals surface area contributed by atoms with E-state index in [0.717, 1.165) is 0 Å². The Bertz CT molecular complexity index is 459. The Morgan fingerprint density at radius 1 is 1.44 bits per heavy atom. The highest BCUT2D eigenvalue weighted by Gasteiger charge is 2.01. The lowest BCUT2D eigenvalue weighted by Crippen LogP contribution is -2.08. The number of hydrogen-bond donors (Lipinski definition) is 0. The molecule has 0 aliphatic heterocycles. The van der Waals surface area contributed by atoms with Crippen molar-refractivity contribution in [3.8, 4) is 5.75 Å². The van der Waals surface area contributed by atoms with Gasteiger partial charge in [0.05, 0.1) is 11.0 Å². The van der Waals surface area contributed by atoms with E-state index in [1.165, 1.54) is 6.07 Å². The smallest absolute Gasteiger partial charge is 0.141 e. The van der Waals surface area contributed by atoms with E-state index < -0.39 is 0 Å². The van der Waals surface area contributed by atoms with Crippen molar-refractivity contribution in [1.29, 1.82) is 0 Å². The first-order chi connectivity index (χ1) is 7.75. The molecule has 3 nitrogen and oxygen atoms in total. The minimum Gasteiger partial charge on any atom is -0.492 e. The zero-order chi connectivity index (χ0) is 11.4. The summed E-state index contributed by atoms with van der Waals surface area (Å²) < 4.78 is 20.7. The number of rotatable bonds is 4. The molecule has 16 heavy (non-hydrogen) atoms. The topological polar surface area (TPSA) is 27.1 Å². The maximum absolute atomic E-state index is 13.1. The molecule has 0 aliphatic carbocycles. The molecule has 1 aromatic heterocycles. The fourth-order valence-electron chi connectivity index (χ4n) is 1.26. The van der Waals surface area contributed by atoms with Gasteiger partial charge in [-0.3, -0.25) is 4.68 Å². The van der Waals surface area contributed by atoms with E-state index in [-0.39, 0.29) is 5.82 Å². The van der Waals surface area contributed by atoms with Crippen molar-refractivity contribution < 1.29 is 9.13 Å². The van der Waals surface area contributed by atoms with E-state index in [4.69, 9.17) is 4.74 Å². The van der Waals surface area contributed by atoms with Gasteiger partial charge >= 0.3 is 0 Å².